The first-order valence-electron chi connectivity index (χ1n) is 8.55. The molecule has 7 nitrogen and oxygen atoms in total. The van der Waals surface area contributed by atoms with Crippen LogP contribution >= 0.6 is 0 Å². The van der Waals surface area contributed by atoms with Gasteiger partial charge in [0.15, 0.2) is 0 Å². The molecule has 1 aliphatic rings. The van der Waals surface area contributed by atoms with E-state index in [1.54, 1.807) is 13.8 Å². The van der Waals surface area contributed by atoms with Gasteiger partial charge in [0.2, 0.25) is 5.91 Å². The Balaban J connectivity index is 1.98. The zero-order valence-corrected chi connectivity index (χ0v) is 15.0. The lowest BCUT2D eigenvalue weighted by Gasteiger charge is -2.35. The number of hydrogen-bond acceptors (Lipinski definition) is 4. The van der Waals surface area contributed by atoms with Gasteiger partial charge < -0.3 is 20.1 Å². The summed E-state index contributed by atoms with van der Waals surface area (Å²) in [5.41, 5.74) is -0.936. The van der Waals surface area contributed by atoms with Crippen LogP contribution in [-0.4, -0.2) is 52.2 Å². The first-order valence-corrected chi connectivity index (χ1v) is 8.55. The minimum atomic E-state index is -4.56. The van der Waals surface area contributed by atoms with Crippen molar-refractivity contribution in [1.82, 2.24) is 15.2 Å². The fraction of sp³-hybridized carbons (Fsp3) is 0.588. The summed E-state index contributed by atoms with van der Waals surface area (Å²) in [6.45, 7) is 4.02. The van der Waals surface area contributed by atoms with Gasteiger partial charge in [-0.15, -0.1) is 0 Å². The Morgan fingerprint density at radius 1 is 1.33 bits per heavy atom. The van der Waals surface area contributed by atoms with Gasteiger partial charge in [-0.2, -0.15) is 13.2 Å². The third-order valence-electron chi connectivity index (χ3n) is 4.35. The van der Waals surface area contributed by atoms with Crippen molar-refractivity contribution in [2.45, 2.75) is 45.0 Å². The van der Waals surface area contributed by atoms with Crippen molar-refractivity contribution < 1.29 is 32.6 Å². The summed E-state index contributed by atoms with van der Waals surface area (Å²) in [5, 5.41) is 11.1. The van der Waals surface area contributed by atoms with E-state index in [1.807, 2.05) is 0 Å². The van der Waals surface area contributed by atoms with Crippen molar-refractivity contribution in [3.05, 3.63) is 24.0 Å². The molecule has 1 aliphatic heterocycles. The highest BCUT2D eigenvalue weighted by atomic mass is 19.4. The quantitative estimate of drug-likeness (QED) is 0.808. The lowest BCUT2D eigenvalue weighted by molar-refractivity contribution is -0.139. The van der Waals surface area contributed by atoms with E-state index in [-0.39, 0.29) is 30.7 Å². The Morgan fingerprint density at radius 3 is 2.48 bits per heavy atom. The van der Waals surface area contributed by atoms with Crippen molar-refractivity contribution in [3.8, 4) is 5.75 Å². The van der Waals surface area contributed by atoms with Crippen LogP contribution in [0.1, 0.15) is 32.3 Å². The maximum atomic E-state index is 13.0. The molecular formula is C17H22F3N3O4. The van der Waals surface area contributed by atoms with Crippen molar-refractivity contribution in [1.29, 1.82) is 0 Å². The van der Waals surface area contributed by atoms with Gasteiger partial charge in [-0.05, 0) is 12.0 Å². The van der Waals surface area contributed by atoms with E-state index in [1.165, 1.54) is 17.2 Å². The van der Waals surface area contributed by atoms with Gasteiger partial charge in [-0.25, -0.2) is 4.79 Å². The Kier molecular flexibility index (Phi) is 6.50. The van der Waals surface area contributed by atoms with Crippen LogP contribution in [0, 0.1) is 5.92 Å². The Labute approximate surface area is 154 Å². The maximum Gasteiger partial charge on any atom is 0.421 e. The SMILES string of the molecule is CC(C)[C@H](NC(=O)O)C(=O)N1CCC(Oc2ccncc2C(F)(F)F)CC1. The highest BCUT2D eigenvalue weighted by Crippen LogP contribution is 2.36. The molecule has 1 saturated heterocycles. The molecule has 0 unspecified atom stereocenters. The van der Waals surface area contributed by atoms with E-state index in [4.69, 9.17) is 9.84 Å². The smallest absolute Gasteiger partial charge is 0.421 e. The molecule has 27 heavy (non-hydrogen) atoms. The number of nitrogens with zero attached hydrogens (tertiary/aromatic N) is 2. The van der Waals surface area contributed by atoms with Gasteiger partial charge in [0.25, 0.3) is 0 Å². The molecule has 10 heteroatoms. The molecule has 0 bridgehead atoms. The van der Waals surface area contributed by atoms with Crippen LogP contribution in [0.4, 0.5) is 18.0 Å². The molecule has 2 amide bonds. The summed E-state index contributed by atoms with van der Waals surface area (Å²) in [6.07, 6.45) is -3.66. The topological polar surface area (TPSA) is 91.8 Å². The molecule has 1 fully saturated rings. The number of hydrogen-bond donors (Lipinski definition) is 2. The fourth-order valence-corrected chi connectivity index (χ4v) is 2.91. The van der Waals surface area contributed by atoms with Crippen LogP contribution in [-0.2, 0) is 11.0 Å². The second-order valence-corrected chi connectivity index (χ2v) is 6.68. The summed E-state index contributed by atoms with van der Waals surface area (Å²) >= 11 is 0. The molecule has 0 radical (unpaired) electrons. The van der Waals surface area contributed by atoms with Crippen LogP contribution in [0.5, 0.6) is 5.75 Å². The van der Waals surface area contributed by atoms with Gasteiger partial charge in [0, 0.05) is 38.3 Å². The van der Waals surface area contributed by atoms with Crippen LogP contribution in [0.2, 0.25) is 0 Å². The zero-order valence-electron chi connectivity index (χ0n) is 15.0. The largest absolute Gasteiger partial charge is 0.490 e. The second kappa shape index (κ2) is 8.45. The Morgan fingerprint density at radius 2 is 1.96 bits per heavy atom. The molecule has 2 rings (SSSR count). The fourth-order valence-electron chi connectivity index (χ4n) is 2.91. The highest BCUT2D eigenvalue weighted by Gasteiger charge is 2.36. The van der Waals surface area contributed by atoms with Crippen LogP contribution < -0.4 is 10.1 Å². The molecule has 1 aromatic heterocycles. The number of likely N-dealkylation sites (tertiary alicyclic amines) is 1. The van der Waals surface area contributed by atoms with E-state index in [0.29, 0.717) is 12.8 Å². The van der Waals surface area contributed by atoms with E-state index in [2.05, 4.69) is 10.3 Å². The predicted octanol–water partition coefficient (Wildman–Crippen LogP) is 2.76. The normalized spacial score (nSPS) is 16.9. The number of pyridine rings is 1. The number of carbonyl (C=O) groups is 2. The Hall–Kier alpha value is -2.52. The number of aromatic nitrogens is 1. The van der Waals surface area contributed by atoms with E-state index >= 15 is 0 Å². The second-order valence-electron chi connectivity index (χ2n) is 6.68. The standard InChI is InChI=1S/C17H22F3N3O4/c1-10(2)14(22-16(25)26)15(24)23-7-4-11(5-8-23)27-13-3-6-21-9-12(13)17(18,19)20/h3,6,9-11,14,22H,4-5,7-8H2,1-2H3,(H,25,26)/t14-/m0/s1. The molecule has 0 spiro atoms. The number of piperidine rings is 1. The van der Waals surface area contributed by atoms with E-state index < -0.39 is 30.0 Å². The van der Waals surface area contributed by atoms with Crippen LogP contribution in [0.15, 0.2) is 18.5 Å². The molecule has 1 aromatic rings. The number of halogens is 3. The minimum Gasteiger partial charge on any atom is -0.490 e. The third-order valence-corrected chi connectivity index (χ3v) is 4.35. The molecule has 1 atom stereocenters. The molecule has 0 saturated carbocycles. The van der Waals surface area contributed by atoms with Crippen LogP contribution in [0.25, 0.3) is 0 Å². The lowest BCUT2D eigenvalue weighted by Crippen LogP contribution is -2.53. The first kappa shape index (κ1) is 20.8. The number of carbonyl (C=O) groups excluding carboxylic acids is 1. The summed E-state index contributed by atoms with van der Waals surface area (Å²) in [7, 11) is 0. The molecule has 0 aromatic carbocycles. The van der Waals surface area contributed by atoms with Gasteiger partial charge in [0.1, 0.15) is 23.5 Å². The molecule has 2 N–H and O–H groups in total. The van der Waals surface area contributed by atoms with E-state index in [9.17, 15) is 22.8 Å². The summed E-state index contributed by atoms with van der Waals surface area (Å²) in [4.78, 5) is 28.4. The monoisotopic (exact) mass is 389 g/mol. The van der Waals surface area contributed by atoms with Crippen molar-refractivity contribution in [2.75, 3.05) is 13.1 Å². The van der Waals surface area contributed by atoms with Crippen molar-refractivity contribution in [2.24, 2.45) is 5.92 Å². The molecule has 2 heterocycles. The van der Waals surface area contributed by atoms with Gasteiger partial charge in [0.05, 0.1) is 0 Å². The maximum absolute atomic E-state index is 13.0. The van der Waals surface area contributed by atoms with Gasteiger partial charge in [-0.1, -0.05) is 13.8 Å². The molecular weight excluding hydrogens is 367 g/mol. The molecule has 150 valence electrons. The summed E-state index contributed by atoms with van der Waals surface area (Å²) in [5.74, 6) is -0.852. The third kappa shape index (κ3) is 5.48. The number of rotatable bonds is 5. The average molecular weight is 389 g/mol. The number of ether oxygens (including phenoxy) is 1. The number of amides is 2. The number of carboxylic acid groups (broad SMARTS) is 1. The van der Waals surface area contributed by atoms with Crippen LogP contribution in [0.3, 0.4) is 0 Å². The Bertz CT molecular complexity index is 674. The lowest BCUT2D eigenvalue weighted by atomic mass is 10.0. The number of alkyl halides is 3. The van der Waals surface area contributed by atoms with Gasteiger partial charge >= 0.3 is 12.3 Å². The van der Waals surface area contributed by atoms with E-state index in [0.717, 1.165) is 6.20 Å². The summed E-state index contributed by atoms with van der Waals surface area (Å²) in [6, 6.07) is 0.309. The molecule has 0 aliphatic carbocycles. The number of nitrogens with one attached hydrogen (secondary N) is 1. The van der Waals surface area contributed by atoms with Crippen molar-refractivity contribution in [3.63, 3.8) is 0 Å². The summed E-state index contributed by atoms with van der Waals surface area (Å²) < 4.78 is 44.5. The van der Waals surface area contributed by atoms with Crippen molar-refractivity contribution >= 4 is 12.0 Å². The highest BCUT2D eigenvalue weighted by molar-refractivity contribution is 5.85. The predicted molar refractivity (Wildman–Crippen MR) is 89.3 cm³/mol. The zero-order chi connectivity index (χ0) is 20.2. The van der Waals surface area contributed by atoms with Gasteiger partial charge in [-0.3, -0.25) is 9.78 Å². The average Bonchev–Trinajstić information content (AvgIpc) is 2.59. The first-order chi connectivity index (χ1) is 12.6. The minimum absolute atomic E-state index is 0.228.